The maximum Gasteiger partial charge on any atom is 0.387 e. The summed E-state index contributed by atoms with van der Waals surface area (Å²) in [5.74, 6) is -0.439. The molecule has 0 aliphatic carbocycles. The van der Waals surface area contributed by atoms with Crippen LogP contribution in [0.5, 0.6) is 5.75 Å². The molecule has 0 heterocycles. The van der Waals surface area contributed by atoms with Crippen molar-refractivity contribution in [3.63, 3.8) is 0 Å². The van der Waals surface area contributed by atoms with Gasteiger partial charge in [-0.15, -0.1) is 0 Å². The Balaban J connectivity index is 2.07. The Morgan fingerprint density at radius 1 is 1.14 bits per heavy atom. The molecule has 2 aromatic carbocycles. The Morgan fingerprint density at radius 3 is 2.48 bits per heavy atom. The lowest BCUT2D eigenvalue weighted by atomic mass is 10.2. The molecule has 0 aromatic heterocycles. The van der Waals surface area contributed by atoms with E-state index in [9.17, 15) is 18.4 Å². The lowest BCUT2D eigenvalue weighted by molar-refractivity contribution is -0.0498. The molecule has 0 bridgehead atoms. The van der Waals surface area contributed by atoms with Crippen LogP contribution in [0.3, 0.4) is 0 Å². The van der Waals surface area contributed by atoms with E-state index in [1.165, 1.54) is 30.3 Å². The molecule has 108 valence electrons. The zero-order chi connectivity index (χ0) is 15.2. The van der Waals surface area contributed by atoms with E-state index in [0.29, 0.717) is 17.5 Å². The van der Waals surface area contributed by atoms with Crippen LogP contribution in [0.1, 0.15) is 20.7 Å². The number of aldehydes is 1. The molecule has 1 amide bonds. The Kier molecular flexibility index (Phi) is 4.61. The van der Waals surface area contributed by atoms with Crippen LogP contribution in [0.4, 0.5) is 14.5 Å². The molecule has 0 atom stereocenters. The summed E-state index contributed by atoms with van der Waals surface area (Å²) in [4.78, 5) is 22.6. The third-order valence-electron chi connectivity index (χ3n) is 2.62. The fourth-order valence-electron chi connectivity index (χ4n) is 1.68. The highest BCUT2D eigenvalue weighted by Gasteiger charge is 2.08. The van der Waals surface area contributed by atoms with Crippen LogP contribution in [0, 0.1) is 0 Å². The highest BCUT2D eigenvalue weighted by atomic mass is 19.3. The third kappa shape index (κ3) is 4.10. The maximum atomic E-state index is 12.0. The topological polar surface area (TPSA) is 55.4 Å². The largest absolute Gasteiger partial charge is 0.435 e. The van der Waals surface area contributed by atoms with Gasteiger partial charge in [0.25, 0.3) is 5.91 Å². The van der Waals surface area contributed by atoms with E-state index in [4.69, 9.17) is 0 Å². The Morgan fingerprint density at radius 2 is 1.86 bits per heavy atom. The van der Waals surface area contributed by atoms with Gasteiger partial charge in [-0.25, -0.2) is 0 Å². The zero-order valence-electron chi connectivity index (χ0n) is 10.8. The zero-order valence-corrected chi connectivity index (χ0v) is 10.8. The third-order valence-corrected chi connectivity index (χ3v) is 2.62. The number of carbonyl (C=O) groups excluding carboxylic acids is 2. The number of rotatable bonds is 5. The van der Waals surface area contributed by atoms with Gasteiger partial charge in [0.05, 0.1) is 0 Å². The van der Waals surface area contributed by atoms with Crippen molar-refractivity contribution in [1.82, 2.24) is 0 Å². The van der Waals surface area contributed by atoms with Crippen LogP contribution >= 0.6 is 0 Å². The first-order valence-corrected chi connectivity index (χ1v) is 6.00. The van der Waals surface area contributed by atoms with Crippen molar-refractivity contribution >= 4 is 17.9 Å². The Bertz CT molecular complexity index is 642. The molecule has 0 radical (unpaired) electrons. The van der Waals surface area contributed by atoms with E-state index in [-0.39, 0.29) is 11.3 Å². The second-order valence-electron chi connectivity index (χ2n) is 4.10. The van der Waals surface area contributed by atoms with Gasteiger partial charge in [-0.3, -0.25) is 9.59 Å². The first kappa shape index (κ1) is 14.6. The molecule has 0 aliphatic heterocycles. The molecule has 2 rings (SSSR count). The Hall–Kier alpha value is -2.76. The summed E-state index contributed by atoms with van der Waals surface area (Å²) in [7, 11) is 0. The minimum atomic E-state index is -2.91. The van der Waals surface area contributed by atoms with E-state index in [2.05, 4.69) is 10.1 Å². The number of hydrogen-bond acceptors (Lipinski definition) is 3. The van der Waals surface area contributed by atoms with Crippen LogP contribution in [0.25, 0.3) is 0 Å². The van der Waals surface area contributed by atoms with E-state index in [1.807, 2.05) is 0 Å². The number of benzene rings is 2. The van der Waals surface area contributed by atoms with Gasteiger partial charge in [-0.1, -0.05) is 12.1 Å². The van der Waals surface area contributed by atoms with Gasteiger partial charge in [0.1, 0.15) is 12.0 Å². The van der Waals surface area contributed by atoms with Crippen molar-refractivity contribution in [2.45, 2.75) is 6.61 Å². The molecule has 0 aliphatic rings. The van der Waals surface area contributed by atoms with Crippen molar-refractivity contribution in [3.8, 4) is 5.75 Å². The summed E-state index contributed by atoms with van der Waals surface area (Å²) in [5, 5.41) is 2.61. The molecule has 1 N–H and O–H groups in total. The molecule has 0 saturated heterocycles. The smallest absolute Gasteiger partial charge is 0.387 e. The summed E-state index contributed by atoms with van der Waals surface area (Å²) < 4.78 is 28.2. The van der Waals surface area contributed by atoms with E-state index < -0.39 is 12.5 Å². The average molecular weight is 291 g/mol. The number of nitrogens with one attached hydrogen (secondary N) is 1. The first-order chi connectivity index (χ1) is 10.1. The van der Waals surface area contributed by atoms with Gasteiger partial charge in [-0.2, -0.15) is 8.78 Å². The monoisotopic (exact) mass is 291 g/mol. The van der Waals surface area contributed by atoms with Crippen LogP contribution in [-0.2, 0) is 0 Å². The van der Waals surface area contributed by atoms with Crippen LogP contribution in [-0.4, -0.2) is 18.8 Å². The molecule has 21 heavy (non-hydrogen) atoms. The highest BCUT2D eigenvalue weighted by Crippen LogP contribution is 2.16. The molecule has 4 nitrogen and oxygen atoms in total. The number of halogens is 2. The second kappa shape index (κ2) is 6.60. The number of amides is 1. The summed E-state index contributed by atoms with van der Waals surface area (Å²) in [5.41, 5.74) is 1.19. The van der Waals surface area contributed by atoms with Crippen molar-refractivity contribution < 1.29 is 23.1 Å². The van der Waals surface area contributed by atoms with Crippen molar-refractivity contribution in [3.05, 3.63) is 59.7 Å². The predicted molar refractivity (Wildman–Crippen MR) is 72.9 cm³/mol. The van der Waals surface area contributed by atoms with Crippen LogP contribution in [0.15, 0.2) is 48.5 Å². The predicted octanol–water partition coefficient (Wildman–Crippen LogP) is 3.35. The van der Waals surface area contributed by atoms with E-state index in [0.717, 1.165) is 0 Å². The summed E-state index contributed by atoms with van der Waals surface area (Å²) in [6.45, 7) is -2.91. The molecule has 2 aromatic rings. The van der Waals surface area contributed by atoms with E-state index in [1.54, 1.807) is 18.2 Å². The van der Waals surface area contributed by atoms with Gasteiger partial charge < -0.3 is 10.1 Å². The van der Waals surface area contributed by atoms with Crippen molar-refractivity contribution in [2.24, 2.45) is 0 Å². The maximum absolute atomic E-state index is 12.0. The Labute approximate surface area is 119 Å². The van der Waals surface area contributed by atoms with Crippen LogP contribution in [0.2, 0.25) is 0 Å². The van der Waals surface area contributed by atoms with Crippen LogP contribution < -0.4 is 10.1 Å². The molecule has 0 fully saturated rings. The number of alkyl halides is 2. The number of ether oxygens (including phenoxy) is 1. The summed E-state index contributed by atoms with van der Waals surface area (Å²) >= 11 is 0. The van der Waals surface area contributed by atoms with Gasteiger partial charge >= 0.3 is 6.61 Å². The van der Waals surface area contributed by atoms with Crippen molar-refractivity contribution in [2.75, 3.05) is 5.32 Å². The number of anilines is 1. The molecule has 0 unspecified atom stereocenters. The fourth-order valence-corrected chi connectivity index (χ4v) is 1.68. The number of hydrogen-bond donors (Lipinski definition) is 1. The SMILES string of the molecule is O=Cc1cccc(NC(=O)c2ccc(OC(F)F)cc2)c1. The fraction of sp³-hybridized carbons (Fsp3) is 0.0667. The standard InChI is InChI=1S/C15H11F2NO3/c16-15(17)21-13-6-4-11(5-7-13)14(20)18-12-3-1-2-10(8-12)9-19/h1-9,15H,(H,18,20). The van der Waals surface area contributed by atoms with Gasteiger partial charge in [-0.05, 0) is 36.4 Å². The minimum absolute atomic E-state index is 0.0236. The summed E-state index contributed by atoms with van der Waals surface area (Å²) in [6, 6.07) is 11.7. The number of carbonyl (C=O) groups is 2. The summed E-state index contributed by atoms with van der Waals surface area (Å²) in [6.07, 6.45) is 0.673. The lowest BCUT2D eigenvalue weighted by Crippen LogP contribution is -2.12. The van der Waals surface area contributed by atoms with E-state index >= 15 is 0 Å². The second-order valence-corrected chi connectivity index (χ2v) is 4.10. The molecular weight excluding hydrogens is 280 g/mol. The molecule has 6 heteroatoms. The average Bonchev–Trinajstić information content (AvgIpc) is 2.47. The first-order valence-electron chi connectivity index (χ1n) is 6.00. The van der Waals surface area contributed by atoms with Gasteiger partial charge in [0.2, 0.25) is 0 Å². The molecule has 0 saturated carbocycles. The lowest BCUT2D eigenvalue weighted by Gasteiger charge is -2.07. The van der Waals surface area contributed by atoms with Crippen molar-refractivity contribution in [1.29, 1.82) is 0 Å². The highest BCUT2D eigenvalue weighted by molar-refractivity contribution is 6.04. The molecular formula is C15H11F2NO3. The van der Waals surface area contributed by atoms with Gasteiger partial charge in [0, 0.05) is 16.8 Å². The quantitative estimate of drug-likeness (QED) is 0.859. The normalized spacial score (nSPS) is 10.2. The molecule has 0 spiro atoms. The van der Waals surface area contributed by atoms with Gasteiger partial charge in [0.15, 0.2) is 0 Å². The minimum Gasteiger partial charge on any atom is -0.435 e.